The Morgan fingerprint density at radius 1 is 1.50 bits per heavy atom. The molecular formula is C10H18N2S2. The maximum absolute atomic E-state index is 8.91. The molecule has 1 atom stereocenters. The lowest BCUT2D eigenvalue weighted by molar-refractivity contribution is 0.646. The van der Waals surface area contributed by atoms with Crippen LogP contribution < -0.4 is 0 Å². The average molecular weight is 230 g/mol. The van der Waals surface area contributed by atoms with Gasteiger partial charge in [-0.2, -0.15) is 5.26 Å². The minimum Gasteiger partial charge on any atom is -0.364 e. The second-order valence-electron chi connectivity index (χ2n) is 3.39. The highest BCUT2D eigenvalue weighted by molar-refractivity contribution is 8.23. The maximum atomic E-state index is 8.91. The van der Waals surface area contributed by atoms with Gasteiger partial charge in [-0.15, -0.1) is 0 Å². The summed E-state index contributed by atoms with van der Waals surface area (Å²) in [6.07, 6.45) is 4.47. The summed E-state index contributed by atoms with van der Waals surface area (Å²) < 4.78 is 0.799. The van der Waals surface area contributed by atoms with Crippen LogP contribution >= 0.6 is 24.0 Å². The van der Waals surface area contributed by atoms with Crippen LogP contribution in [0.15, 0.2) is 0 Å². The quantitative estimate of drug-likeness (QED) is 0.536. The molecule has 0 radical (unpaired) electrons. The van der Waals surface area contributed by atoms with Crippen LogP contribution in [0.25, 0.3) is 0 Å². The highest BCUT2D eigenvalue weighted by Crippen LogP contribution is 2.19. The van der Waals surface area contributed by atoms with E-state index >= 15 is 0 Å². The summed E-state index contributed by atoms with van der Waals surface area (Å²) in [5.74, 6) is 0. The zero-order valence-electron chi connectivity index (χ0n) is 9.12. The molecule has 0 saturated carbocycles. The van der Waals surface area contributed by atoms with Crippen molar-refractivity contribution in [3.8, 4) is 6.07 Å². The zero-order chi connectivity index (χ0) is 11.0. The molecule has 0 aliphatic carbocycles. The van der Waals surface area contributed by atoms with Gasteiger partial charge in [0.2, 0.25) is 0 Å². The van der Waals surface area contributed by atoms with Crippen LogP contribution in [-0.2, 0) is 0 Å². The Morgan fingerprint density at radius 2 is 2.14 bits per heavy atom. The van der Waals surface area contributed by atoms with Crippen LogP contribution in [0.2, 0.25) is 0 Å². The summed E-state index contributed by atoms with van der Waals surface area (Å²) in [5, 5.41) is 8.93. The van der Waals surface area contributed by atoms with Crippen molar-refractivity contribution >= 4 is 28.3 Å². The number of thioether (sulfide) groups is 1. The molecule has 0 amide bonds. The zero-order valence-corrected chi connectivity index (χ0v) is 10.7. The lowest BCUT2D eigenvalue weighted by Crippen LogP contribution is -2.19. The largest absolute Gasteiger partial charge is 0.364 e. The Bertz CT molecular complexity index is 209. The van der Waals surface area contributed by atoms with E-state index in [-0.39, 0.29) is 5.25 Å². The van der Waals surface area contributed by atoms with Crippen molar-refractivity contribution in [3.05, 3.63) is 0 Å². The van der Waals surface area contributed by atoms with E-state index in [1.165, 1.54) is 24.6 Å². The highest BCUT2D eigenvalue weighted by Gasteiger charge is 2.11. The molecule has 0 aliphatic rings. The van der Waals surface area contributed by atoms with Gasteiger partial charge in [-0.3, -0.25) is 0 Å². The van der Waals surface area contributed by atoms with Gasteiger partial charge in [0.15, 0.2) is 0 Å². The lowest BCUT2D eigenvalue weighted by Gasteiger charge is -2.15. The Morgan fingerprint density at radius 3 is 2.57 bits per heavy atom. The third kappa shape index (κ3) is 6.22. The van der Waals surface area contributed by atoms with E-state index in [1.807, 2.05) is 19.0 Å². The van der Waals surface area contributed by atoms with Gasteiger partial charge in [0.1, 0.15) is 4.32 Å². The van der Waals surface area contributed by atoms with Gasteiger partial charge < -0.3 is 4.90 Å². The van der Waals surface area contributed by atoms with Crippen molar-refractivity contribution in [3.63, 3.8) is 0 Å². The first kappa shape index (κ1) is 13.7. The monoisotopic (exact) mass is 230 g/mol. The fourth-order valence-corrected chi connectivity index (χ4v) is 2.10. The van der Waals surface area contributed by atoms with E-state index in [0.29, 0.717) is 0 Å². The molecule has 0 aromatic carbocycles. The minimum absolute atomic E-state index is 0.0245. The van der Waals surface area contributed by atoms with E-state index in [0.717, 1.165) is 17.2 Å². The predicted molar refractivity (Wildman–Crippen MR) is 67.4 cm³/mol. The summed E-state index contributed by atoms with van der Waals surface area (Å²) >= 11 is 6.64. The SMILES string of the molecule is CCCCCC(C#N)SC(=S)N(C)C. The minimum atomic E-state index is 0.0245. The van der Waals surface area contributed by atoms with E-state index in [4.69, 9.17) is 17.5 Å². The van der Waals surface area contributed by atoms with Crippen LogP contribution in [0.4, 0.5) is 0 Å². The Hall–Kier alpha value is -0.270. The number of nitrogens with zero attached hydrogens (tertiary/aromatic N) is 2. The topological polar surface area (TPSA) is 27.0 Å². The van der Waals surface area contributed by atoms with Gasteiger partial charge in [0, 0.05) is 14.1 Å². The number of unbranched alkanes of at least 4 members (excludes halogenated alkanes) is 2. The molecule has 0 fully saturated rings. The van der Waals surface area contributed by atoms with Crippen LogP contribution in [0.5, 0.6) is 0 Å². The first-order valence-corrected chi connectivity index (χ1v) is 6.18. The van der Waals surface area contributed by atoms with Crippen molar-refractivity contribution < 1.29 is 0 Å². The molecule has 0 heterocycles. The summed E-state index contributed by atoms with van der Waals surface area (Å²) in [5.41, 5.74) is 0. The molecule has 2 nitrogen and oxygen atoms in total. The molecule has 0 aromatic heterocycles. The smallest absolute Gasteiger partial charge is 0.137 e. The molecule has 1 unspecified atom stereocenters. The van der Waals surface area contributed by atoms with Gasteiger partial charge in [-0.05, 0) is 6.42 Å². The number of rotatable bonds is 5. The number of hydrogen-bond donors (Lipinski definition) is 0. The fourth-order valence-electron chi connectivity index (χ4n) is 0.957. The second kappa shape index (κ2) is 8.07. The van der Waals surface area contributed by atoms with E-state index in [1.54, 1.807) is 0 Å². The molecule has 0 bridgehead atoms. The van der Waals surface area contributed by atoms with E-state index < -0.39 is 0 Å². The van der Waals surface area contributed by atoms with E-state index in [9.17, 15) is 0 Å². The third-order valence-corrected chi connectivity index (χ3v) is 3.67. The van der Waals surface area contributed by atoms with Crippen molar-refractivity contribution in [1.29, 1.82) is 5.26 Å². The summed E-state index contributed by atoms with van der Waals surface area (Å²) in [6, 6.07) is 2.30. The van der Waals surface area contributed by atoms with Gasteiger partial charge in [-0.25, -0.2) is 0 Å². The van der Waals surface area contributed by atoms with Crippen molar-refractivity contribution in [1.82, 2.24) is 4.90 Å². The Kier molecular flexibility index (Phi) is 7.92. The fraction of sp³-hybridized carbons (Fsp3) is 0.800. The molecule has 0 aliphatic heterocycles. The third-order valence-electron chi connectivity index (χ3n) is 1.82. The number of nitriles is 1. The van der Waals surface area contributed by atoms with Gasteiger partial charge in [0.05, 0.1) is 11.3 Å². The second-order valence-corrected chi connectivity index (χ2v) is 5.23. The standard InChI is InChI=1S/C10H18N2S2/c1-4-5-6-7-9(8-11)14-10(13)12(2)3/h9H,4-7H2,1-3H3. The number of hydrogen-bond acceptors (Lipinski definition) is 3. The van der Waals surface area contributed by atoms with E-state index in [2.05, 4.69) is 13.0 Å². The Labute approximate surface area is 96.7 Å². The molecule has 0 N–H and O–H groups in total. The molecular weight excluding hydrogens is 212 g/mol. The molecule has 4 heteroatoms. The predicted octanol–water partition coefficient (Wildman–Crippen LogP) is 3.04. The van der Waals surface area contributed by atoms with Crippen molar-refractivity contribution in [2.24, 2.45) is 0 Å². The summed E-state index contributed by atoms with van der Waals surface area (Å²) in [6.45, 7) is 2.17. The first-order chi connectivity index (χ1) is 6.61. The molecule has 0 saturated heterocycles. The number of thiocarbonyl (C=S) groups is 1. The molecule has 0 spiro atoms. The molecule has 0 aromatic rings. The summed E-state index contributed by atoms with van der Waals surface area (Å²) in [4.78, 5) is 1.88. The maximum Gasteiger partial charge on any atom is 0.137 e. The summed E-state index contributed by atoms with van der Waals surface area (Å²) in [7, 11) is 3.83. The van der Waals surface area contributed by atoms with Gasteiger partial charge >= 0.3 is 0 Å². The molecule has 80 valence electrons. The van der Waals surface area contributed by atoms with Crippen molar-refractivity contribution in [2.45, 2.75) is 37.9 Å². The van der Waals surface area contributed by atoms with Crippen LogP contribution in [0, 0.1) is 11.3 Å². The van der Waals surface area contributed by atoms with Crippen LogP contribution in [-0.4, -0.2) is 28.6 Å². The first-order valence-electron chi connectivity index (χ1n) is 4.89. The average Bonchev–Trinajstić information content (AvgIpc) is 2.16. The van der Waals surface area contributed by atoms with Crippen molar-refractivity contribution in [2.75, 3.05) is 14.1 Å². The van der Waals surface area contributed by atoms with Gasteiger partial charge in [0.25, 0.3) is 0 Å². The normalized spacial score (nSPS) is 11.9. The molecule has 14 heavy (non-hydrogen) atoms. The van der Waals surface area contributed by atoms with Gasteiger partial charge in [-0.1, -0.05) is 50.2 Å². The lowest BCUT2D eigenvalue weighted by atomic mass is 10.2. The Balaban J connectivity index is 3.80. The van der Waals surface area contributed by atoms with Crippen LogP contribution in [0.1, 0.15) is 32.6 Å². The molecule has 0 rings (SSSR count). The highest BCUT2D eigenvalue weighted by atomic mass is 32.2. The van der Waals surface area contributed by atoms with Crippen LogP contribution in [0.3, 0.4) is 0 Å².